The maximum atomic E-state index is 13.4. The Morgan fingerprint density at radius 3 is 2.32 bits per heavy atom. The van der Waals surface area contributed by atoms with Crippen LogP contribution in [0, 0.1) is 20.8 Å². The van der Waals surface area contributed by atoms with Crippen molar-refractivity contribution in [2.75, 3.05) is 19.7 Å². The first-order chi connectivity index (χ1) is 14.7. The molecule has 2 N–H and O–H groups in total. The van der Waals surface area contributed by atoms with E-state index in [4.69, 9.17) is 4.74 Å². The van der Waals surface area contributed by atoms with E-state index in [2.05, 4.69) is 10.6 Å². The molecule has 2 aliphatic rings. The predicted molar refractivity (Wildman–Crippen MR) is 117 cm³/mol. The Bertz CT molecular complexity index is 902. The molecule has 1 aromatic carbocycles. The number of amides is 2. The molecule has 0 spiro atoms. The highest BCUT2D eigenvalue weighted by molar-refractivity contribution is 7.89. The molecular weight excluding hydrogens is 418 g/mol. The van der Waals surface area contributed by atoms with E-state index in [9.17, 15) is 18.0 Å². The molecule has 9 heteroatoms. The van der Waals surface area contributed by atoms with Crippen molar-refractivity contribution in [2.45, 2.75) is 76.5 Å². The van der Waals surface area contributed by atoms with Gasteiger partial charge in [0, 0.05) is 12.6 Å². The van der Waals surface area contributed by atoms with Gasteiger partial charge in [0.1, 0.15) is 6.23 Å². The van der Waals surface area contributed by atoms with Crippen LogP contribution in [-0.4, -0.2) is 56.5 Å². The molecule has 172 valence electrons. The Kier molecular flexibility index (Phi) is 7.72. The summed E-state index contributed by atoms with van der Waals surface area (Å²) in [7, 11) is -3.82. The van der Waals surface area contributed by atoms with Gasteiger partial charge >= 0.3 is 11.8 Å². The van der Waals surface area contributed by atoms with Crippen molar-refractivity contribution in [2.24, 2.45) is 0 Å². The van der Waals surface area contributed by atoms with E-state index in [0.717, 1.165) is 37.7 Å². The van der Waals surface area contributed by atoms with Crippen molar-refractivity contribution >= 4 is 21.8 Å². The molecule has 1 aliphatic heterocycles. The van der Waals surface area contributed by atoms with Crippen LogP contribution < -0.4 is 10.6 Å². The average molecular weight is 452 g/mol. The van der Waals surface area contributed by atoms with E-state index >= 15 is 0 Å². The number of benzene rings is 1. The summed E-state index contributed by atoms with van der Waals surface area (Å²) in [4.78, 5) is 24.8. The maximum absolute atomic E-state index is 13.4. The largest absolute Gasteiger partial charge is 0.360 e. The molecule has 2 amide bonds. The fraction of sp³-hybridized carbons (Fsp3) is 0.636. The zero-order valence-electron chi connectivity index (χ0n) is 18.6. The Morgan fingerprint density at radius 1 is 1.03 bits per heavy atom. The van der Waals surface area contributed by atoms with Crippen LogP contribution in [0.3, 0.4) is 0 Å². The number of rotatable bonds is 5. The Morgan fingerprint density at radius 2 is 1.68 bits per heavy atom. The summed E-state index contributed by atoms with van der Waals surface area (Å²) in [5.41, 5.74) is 2.35. The predicted octanol–water partition coefficient (Wildman–Crippen LogP) is 1.91. The third-order valence-electron chi connectivity index (χ3n) is 5.91. The van der Waals surface area contributed by atoms with Crippen LogP contribution in [0.15, 0.2) is 17.0 Å². The van der Waals surface area contributed by atoms with E-state index in [1.54, 1.807) is 13.8 Å². The molecule has 1 heterocycles. The van der Waals surface area contributed by atoms with Gasteiger partial charge in [0.15, 0.2) is 0 Å². The van der Waals surface area contributed by atoms with Gasteiger partial charge in [0.05, 0.1) is 18.0 Å². The summed E-state index contributed by atoms with van der Waals surface area (Å²) in [6, 6.07) is 3.72. The van der Waals surface area contributed by atoms with E-state index in [1.807, 2.05) is 19.1 Å². The lowest BCUT2D eigenvalue weighted by molar-refractivity contribution is -0.140. The lowest BCUT2D eigenvalue weighted by atomic mass is 9.95. The second-order valence-corrected chi connectivity index (χ2v) is 10.4. The molecule has 0 aromatic heterocycles. The molecule has 0 bridgehead atoms. The summed E-state index contributed by atoms with van der Waals surface area (Å²) < 4.78 is 33.9. The van der Waals surface area contributed by atoms with Crippen LogP contribution in [0.4, 0.5) is 0 Å². The van der Waals surface area contributed by atoms with Crippen molar-refractivity contribution in [3.8, 4) is 0 Å². The summed E-state index contributed by atoms with van der Waals surface area (Å²) >= 11 is 0. The van der Waals surface area contributed by atoms with Crippen LogP contribution in [-0.2, 0) is 24.3 Å². The average Bonchev–Trinajstić information content (AvgIpc) is 2.72. The number of hydrogen-bond acceptors (Lipinski definition) is 5. The first-order valence-electron chi connectivity index (χ1n) is 11.0. The molecule has 8 nitrogen and oxygen atoms in total. The van der Waals surface area contributed by atoms with Crippen LogP contribution in [0.1, 0.15) is 55.2 Å². The van der Waals surface area contributed by atoms with Gasteiger partial charge in [-0.3, -0.25) is 9.59 Å². The van der Waals surface area contributed by atoms with Gasteiger partial charge in [0.2, 0.25) is 10.0 Å². The van der Waals surface area contributed by atoms with Crippen molar-refractivity contribution < 1.29 is 22.7 Å². The zero-order valence-corrected chi connectivity index (χ0v) is 19.4. The molecule has 1 aromatic rings. The zero-order chi connectivity index (χ0) is 22.6. The third kappa shape index (κ3) is 5.64. The quantitative estimate of drug-likeness (QED) is 0.666. The molecule has 0 unspecified atom stereocenters. The topological polar surface area (TPSA) is 105 Å². The molecular formula is C22H33N3O5S. The summed E-state index contributed by atoms with van der Waals surface area (Å²) in [6.45, 7) is 6.10. The molecule has 0 radical (unpaired) electrons. The molecule has 1 aliphatic carbocycles. The monoisotopic (exact) mass is 451 g/mol. The van der Waals surface area contributed by atoms with E-state index < -0.39 is 28.1 Å². The van der Waals surface area contributed by atoms with Gasteiger partial charge in [0.25, 0.3) is 0 Å². The SMILES string of the molecule is Cc1cc(C)c(S(=O)(=O)N2CCCO[C@H]2CNC(=O)C(=O)NC2CCCCC2)c(C)c1. The van der Waals surface area contributed by atoms with E-state index in [0.29, 0.717) is 30.7 Å². The van der Waals surface area contributed by atoms with Gasteiger partial charge < -0.3 is 15.4 Å². The second kappa shape index (κ2) is 10.1. The van der Waals surface area contributed by atoms with Crippen molar-refractivity contribution in [3.63, 3.8) is 0 Å². The minimum absolute atomic E-state index is 0.0299. The number of carbonyl (C=O) groups is 2. The third-order valence-corrected chi connectivity index (χ3v) is 8.10. The molecule has 1 saturated heterocycles. The summed E-state index contributed by atoms with van der Waals surface area (Å²) in [5, 5.41) is 5.32. The van der Waals surface area contributed by atoms with Gasteiger partial charge in [-0.2, -0.15) is 4.31 Å². The van der Waals surface area contributed by atoms with Crippen LogP contribution in [0.25, 0.3) is 0 Å². The van der Waals surface area contributed by atoms with Crippen LogP contribution in [0.2, 0.25) is 0 Å². The summed E-state index contributed by atoms with van der Waals surface area (Å²) in [5.74, 6) is -1.44. The van der Waals surface area contributed by atoms with Gasteiger partial charge in [-0.1, -0.05) is 37.0 Å². The Hall–Kier alpha value is -1.97. The number of nitrogens with one attached hydrogen (secondary N) is 2. The van der Waals surface area contributed by atoms with Gasteiger partial charge in [-0.15, -0.1) is 0 Å². The Labute approximate surface area is 184 Å². The number of nitrogens with zero attached hydrogens (tertiary/aromatic N) is 1. The van der Waals surface area contributed by atoms with Crippen molar-refractivity contribution in [1.82, 2.24) is 14.9 Å². The lowest BCUT2D eigenvalue weighted by Crippen LogP contribution is -2.53. The highest BCUT2D eigenvalue weighted by Crippen LogP contribution is 2.28. The molecule has 2 fully saturated rings. The van der Waals surface area contributed by atoms with Gasteiger partial charge in [-0.25, -0.2) is 8.42 Å². The lowest BCUT2D eigenvalue weighted by Gasteiger charge is -2.35. The second-order valence-electron chi connectivity index (χ2n) is 8.54. The van der Waals surface area contributed by atoms with E-state index in [-0.39, 0.29) is 17.5 Å². The fourth-order valence-corrected chi connectivity index (χ4v) is 6.53. The maximum Gasteiger partial charge on any atom is 0.309 e. The first kappa shape index (κ1) is 23.7. The minimum Gasteiger partial charge on any atom is -0.360 e. The number of hydrogen-bond donors (Lipinski definition) is 2. The van der Waals surface area contributed by atoms with Gasteiger partial charge in [-0.05, 0) is 51.2 Å². The highest BCUT2D eigenvalue weighted by Gasteiger charge is 2.36. The minimum atomic E-state index is -3.82. The fourth-order valence-electron chi connectivity index (χ4n) is 4.55. The Balaban J connectivity index is 1.68. The first-order valence-corrected chi connectivity index (χ1v) is 12.4. The number of aryl methyl sites for hydroxylation is 3. The van der Waals surface area contributed by atoms with E-state index in [1.165, 1.54) is 4.31 Å². The number of ether oxygens (including phenoxy) is 1. The number of sulfonamides is 1. The van der Waals surface area contributed by atoms with Crippen LogP contribution >= 0.6 is 0 Å². The highest BCUT2D eigenvalue weighted by atomic mass is 32.2. The normalized spacial score (nSPS) is 20.9. The van der Waals surface area contributed by atoms with Crippen molar-refractivity contribution in [1.29, 1.82) is 0 Å². The molecule has 31 heavy (non-hydrogen) atoms. The number of carbonyl (C=O) groups excluding carboxylic acids is 2. The smallest absolute Gasteiger partial charge is 0.309 e. The molecule has 3 rings (SSSR count). The summed E-state index contributed by atoms with van der Waals surface area (Å²) in [6.07, 6.45) is 4.72. The van der Waals surface area contributed by atoms with Crippen LogP contribution in [0.5, 0.6) is 0 Å². The molecule has 1 saturated carbocycles. The molecule has 1 atom stereocenters. The standard InChI is InChI=1S/C22H33N3O5S/c1-15-12-16(2)20(17(3)13-15)31(28,29)25-10-7-11-30-19(25)14-23-21(26)22(27)24-18-8-5-4-6-9-18/h12-13,18-19H,4-11,14H2,1-3H3,(H,23,26)(H,24,27)/t19-/m0/s1. The van der Waals surface area contributed by atoms with Crippen molar-refractivity contribution in [3.05, 3.63) is 28.8 Å².